The molecule has 1 aromatic heterocycles. The number of aromatic nitrogens is 1. The van der Waals surface area contributed by atoms with E-state index < -0.39 is 0 Å². The lowest BCUT2D eigenvalue weighted by atomic mass is 9.86. The summed E-state index contributed by atoms with van der Waals surface area (Å²) in [5.74, 6) is 1.93. The molecule has 0 aromatic carbocycles. The summed E-state index contributed by atoms with van der Waals surface area (Å²) in [7, 11) is 0. The van der Waals surface area contributed by atoms with Crippen molar-refractivity contribution in [3.05, 3.63) is 23.4 Å². The normalized spacial score (nSPS) is 25.3. The zero-order chi connectivity index (χ0) is 17.6. The van der Waals surface area contributed by atoms with E-state index in [2.05, 4.69) is 36.2 Å². The number of morpholine rings is 1. The fourth-order valence-electron chi connectivity index (χ4n) is 3.79. The first-order chi connectivity index (χ1) is 12.1. The first-order valence-corrected chi connectivity index (χ1v) is 9.82. The lowest BCUT2D eigenvalue weighted by Gasteiger charge is -2.29. The van der Waals surface area contributed by atoms with E-state index in [1.165, 1.54) is 5.56 Å². The van der Waals surface area contributed by atoms with Crippen molar-refractivity contribution in [2.75, 3.05) is 38.2 Å². The molecular formula is C20H33N3O2. The third-order valence-electron chi connectivity index (χ3n) is 5.46. The minimum absolute atomic E-state index is 0.331. The second-order valence-corrected chi connectivity index (χ2v) is 7.87. The van der Waals surface area contributed by atoms with Crippen LogP contribution in [0.3, 0.4) is 0 Å². The Balaban J connectivity index is 1.67. The molecule has 1 aromatic rings. The molecule has 0 radical (unpaired) electrons. The van der Waals surface area contributed by atoms with Gasteiger partial charge in [-0.2, -0.15) is 0 Å². The summed E-state index contributed by atoms with van der Waals surface area (Å²) in [5.41, 5.74) is 2.50. The van der Waals surface area contributed by atoms with Crippen LogP contribution in [0.1, 0.15) is 56.7 Å². The Bertz CT molecular complexity index is 536. The Morgan fingerprint density at radius 1 is 1.20 bits per heavy atom. The van der Waals surface area contributed by atoms with Crippen molar-refractivity contribution in [1.82, 2.24) is 9.88 Å². The Labute approximate surface area is 151 Å². The number of nitrogens with zero attached hydrogens (tertiary/aromatic N) is 2. The van der Waals surface area contributed by atoms with E-state index in [0.717, 1.165) is 70.0 Å². The van der Waals surface area contributed by atoms with Crippen LogP contribution in [-0.2, 0) is 11.3 Å². The van der Waals surface area contributed by atoms with Gasteiger partial charge in [0.05, 0.1) is 13.2 Å². The standard InChI is InChI=1S/C20H33N3O2/c1-15(2)19-11-17(13-23-7-9-25-10-8-23)12-20(22-19)21-18-5-3-16(14-24)4-6-18/h11-12,15-16,18,24H,3-10,13-14H2,1-2H3,(H,21,22)/t16-,18-. The first kappa shape index (κ1) is 18.6. The zero-order valence-electron chi connectivity index (χ0n) is 15.7. The highest BCUT2D eigenvalue weighted by Gasteiger charge is 2.21. The molecule has 0 unspecified atom stereocenters. The van der Waals surface area contributed by atoms with Gasteiger partial charge in [0.1, 0.15) is 5.82 Å². The van der Waals surface area contributed by atoms with Gasteiger partial charge in [0.15, 0.2) is 0 Å². The van der Waals surface area contributed by atoms with Gasteiger partial charge in [-0.1, -0.05) is 13.8 Å². The molecule has 3 rings (SSSR count). The predicted molar refractivity (Wildman–Crippen MR) is 101 cm³/mol. The quantitative estimate of drug-likeness (QED) is 0.828. The van der Waals surface area contributed by atoms with Crippen LogP contribution in [-0.4, -0.2) is 53.9 Å². The smallest absolute Gasteiger partial charge is 0.126 e. The number of nitrogens with one attached hydrogen (secondary N) is 1. The molecule has 1 saturated heterocycles. The fraction of sp³-hybridized carbons (Fsp3) is 0.750. The maximum Gasteiger partial charge on any atom is 0.126 e. The summed E-state index contributed by atoms with van der Waals surface area (Å²) in [6.07, 6.45) is 4.46. The SMILES string of the molecule is CC(C)c1cc(CN2CCOCC2)cc(N[C@H]2CC[C@H](CO)CC2)n1. The monoisotopic (exact) mass is 347 g/mol. The largest absolute Gasteiger partial charge is 0.396 e. The molecule has 2 fully saturated rings. The molecule has 2 aliphatic rings. The molecule has 5 nitrogen and oxygen atoms in total. The lowest BCUT2D eigenvalue weighted by Crippen LogP contribution is -2.35. The highest BCUT2D eigenvalue weighted by molar-refractivity contribution is 5.41. The van der Waals surface area contributed by atoms with E-state index in [-0.39, 0.29) is 0 Å². The Kier molecular flexibility index (Phi) is 6.68. The maximum absolute atomic E-state index is 9.31. The number of hydrogen-bond acceptors (Lipinski definition) is 5. The van der Waals surface area contributed by atoms with E-state index in [9.17, 15) is 5.11 Å². The molecule has 0 spiro atoms. The van der Waals surface area contributed by atoms with Crippen molar-refractivity contribution >= 4 is 5.82 Å². The number of rotatable bonds is 6. The van der Waals surface area contributed by atoms with Crippen molar-refractivity contribution in [1.29, 1.82) is 0 Å². The minimum Gasteiger partial charge on any atom is -0.396 e. The number of aliphatic hydroxyl groups excluding tert-OH is 1. The van der Waals surface area contributed by atoms with Crippen molar-refractivity contribution in [3.8, 4) is 0 Å². The third-order valence-corrected chi connectivity index (χ3v) is 5.46. The van der Waals surface area contributed by atoms with Crippen LogP contribution >= 0.6 is 0 Å². The third kappa shape index (κ3) is 5.40. The molecule has 1 aliphatic carbocycles. The van der Waals surface area contributed by atoms with Crippen LogP contribution in [0.5, 0.6) is 0 Å². The molecule has 2 heterocycles. The molecule has 1 aliphatic heterocycles. The highest BCUT2D eigenvalue weighted by atomic mass is 16.5. The first-order valence-electron chi connectivity index (χ1n) is 9.82. The Morgan fingerprint density at radius 2 is 1.92 bits per heavy atom. The number of pyridine rings is 1. The highest BCUT2D eigenvalue weighted by Crippen LogP contribution is 2.27. The van der Waals surface area contributed by atoms with E-state index in [1.54, 1.807) is 0 Å². The molecule has 0 amide bonds. The van der Waals surface area contributed by atoms with Crippen LogP contribution in [0.4, 0.5) is 5.82 Å². The Hall–Kier alpha value is -1.17. The van der Waals surface area contributed by atoms with Crippen LogP contribution in [0.25, 0.3) is 0 Å². The predicted octanol–water partition coefficient (Wildman–Crippen LogP) is 3.00. The van der Waals surface area contributed by atoms with Crippen LogP contribution in [0, 0.1) is 5.92 Å². The van der Waals surface area contributed by atoms with Crippen molar-refractivity contribution < 1.29 is 9.84 Å². The summed E-state index contributed by atoms with van der Waals surface area (Å²) in [4.78, 5) is 7.31. The van der Waals surface area contributed by atoms with E-state index >= 15 is 0 Å². The van der Waals surface area contributed by atoms with Gasteiger partial charge in [-0.15, -0.1) is 0 Å². The minimum atomic E-state index is 0.331. The number of ether oxygens (including phenoxy) is 1. The van der Waals surface area contributed by atoms with Crippen molar-refractivity contribution in [2.45, 2.75) is 58.0 Å². The molecule has 25 heavy (non-hydrogen) atoms. The van der Waals surface area contributed by atoms with Gasteiger partial charge in [0.25, 0.3) is 0 Å². The molecule has 0 atom stereocenters. The average molecular weight is 348 g/mol. The van der Waals surface area contributed by atoms with E-state index in [1.807, 2.05) is 0 Å². The van der Waals surface area contributed by atoms with Crippen LogP contribution in [0.2, 0.25) is 0 Å². The number of hydrogen-bond donors (Lipinski definition) is 2. The van der Waals surface area contributed by atoms with Gasteiger partial charge in [-0.3, -0.25) is 4.90 Å². The molecule has 2 N–H and O–H groups in total. The van der Waals surface area contributed by atoms with E-state index in [0.29, 0.717) is 24.5 Å². The van der Waals surface area contributed by atoms with E-state index in [4.69, 9.17) is 9.72 Å². The molecule has 0 bridgehead atoms. The van der Waals surface area contributed by atoms with Gasteiger partial charge >= 0.3 is 0 Å². The van der Waals surface area contributed by atoms with Gasteiger partial charge in [0.2, 0.25) is 0 Å². The second-order valence-electron chi connectivity index (χ2n) is 7.87. The summed E-state index contributed by atoms with van der Waals surface area (Å²) in [6.45, 7) is 9.40. The van der Waals surface area contributed by atoms with Crippen molar-refractivity contribution in [3.63, 3.8) is 0 Å². The molecule has 5 heteroatoms. The molecular weight excluding hydrogens is 314 g/mol. The fourth-order valence-corrected chi connectivity index (χ4v) is 3.79. The maximum atomic E-state index is 9.31. The summed E-state index contributed by atoms with van der Waals surface area (Å²) >= 11 is 0. The van der Waals surface area contributed by atoms with Gasteiger partial charge < -0.3 is 15.2 Å². The van der Waals surface area contributed by atoms with Crippen molar-refractivity contribution in [2.24, 2.45) is 5.92 Å². The average Bonchev–Trinajstić information content (AvgIpc) is 2.63. The molecule has 1 saturated carbocycles. The van der Waals surface area contributed by atoms with Crippen LogP contribution in [0.15, 0.2) is 12.1 Å². The zero-order valence-corrected chi connectivity index (χ0v) is 15.7. The Morgan fingerprint density at radius 3 is 2.56 bits per heavy atom. The van der Waals surface area contributed by atoms with Gasteiger partial charge in [0, 0.05) is 38.0 Å². The van der Waals surface area contributed by atoms with Gasteiger partial charge in [-0.25, -0.2) is 4.98 Å². The summed E-state index contributed by atoms with van der Waals surface area (Å²) in [6, 6.07) is 4.96. The number of anilines is 1. The van der Waals surface area contributed by atoms with Crippen LogP contribution < -0.4 is 5.32 Å². The number of aliphatic hydroxyl groups is 1. The topological polar surface area (TPSA) is 57.6 Å². The second kappa shape index (κ2) is 8.97. The lowest BCUT2D eigenvalue weighted by molar-refractivity contribution is 0.0342. The summed E-state index contributed by atoms with van der Waals surface area (Å²) < 4.78 is 5.46. The molecule has 140 valence electrons. The van der Waals surface area contributed by atoms with Gasteiger partial charge in [-0.05, 0) is 55.2 Å². The summed E-state index contributed by atoms with van der Waals surface area (Å²) in [5, 5.41) is 13.0.